The van der Waals surface area contributed by atoms with Crippen molar-refractivity contribution in [2.45, 2.75) is 23.3 Å². The Morgan fingerprint density at radius 3 is 3.05 bits per heavy atom. The minimum absolute atomic E-state index is 0.146. The lowest BCUT2D eigenvalue weighted by atomic mass is 9.90. The summed E-state index contributed by atoms with van der Waals surface area (Å²) in [6.45, 7) is 0. The fourth-order valence-corrected chi connectivity index (χ4v) is 4.28. The quantitative estimate of drug-likeness (QED) is 0.931. The Morgan fingerprint density at radius 1 is 1.37 bits per heavy atom. The fourth-order valence-electron chi connectivity index (χ4n) is 2.52. The Labute approximate surface area is 125 Å². The van der Waals surface area contributed by atoms with Crippen molar-refractivity contribution in [1.29, 1.82) is 0 Å². The van der Waals surface area contributed by atoms with Gasteiger partial charge in [0.2, 0.25) is 0 Å². The third-order valence-electron chi connectivity index (χ3n) is 3.49. The lowest BCUT2D eigenvalue weighted by Crippen LogP contribution is -2.30. The molecule has 0 saturated carbocycles. The van der Waals surface area contributed by atoms with Gasteiger partial charge in [0.05, 0.1) is 0 Å². The summed E-state index contributed by atoms with van der Waals surface area (Å²) in [5.41, 5.74) is 9.02. The first-order valence-electron chi connectivity index (χ1n) is 6.31. The van der Waals surface area contributed by atoms with Crippen molar-refractivity contribution >= 4 is 27.7 Å². The summed E-state index contributed by atoms with van der Waals surface area (Å²) in [5.74, 6) is 1.53. The zero-order valence-electron chi connectivity index (χ0n) is 10.4. The summed E-state index contributed by atoms with van der Waals surface area (Å²) in [7, 11) is 0. The summed E-state index contributed by atoms with van der Waals surface area (Å²) in [6, 6.07) is 10.8. The Balaban J connectivity index is 1.77. The first-order valence-corrected chi connectivity index (χ1v) is 8.08. The van der Waals surface area contributed by atoms with Crippen LogP contribution in [0.3, 0.4) is 0 Å². The molecule has 1 aromatic heterocycles. The van der Waals surface area contributed by atoms with Crippen molar-refractivity contribution in [2.24, 2.45) is 5.73 Å². The highest BCUT2D eigenvalue weighted by Crippen LogP contribution is 2.41. The Hall–Kier alpha value is -0.840. The topological polar surface area (TPSA) is 38.9 Å². The van der Waals surface area contributed by atoms with Crippen molar-refractivity contribution in [3.8, 4) is 0 Å². The first-order chi connectivity index (χ1) is 9.24. The molecule has 0 bridgehead atoms. The molecular formula is C15H15BrN2S. The molecule has 0 radical (unpaired) electrons. The second-order valence-corrected chi connectivity index (χ2v) is 6.81. The minimum Gasteiger partial charge on any atom is -0.327 e. The molecule has 1 aromatic carbocycles. The number of thioether (sulfide) groups is 1. The predicted octanol–water partition coefficient (Wildman–Crippen LogP) is 3.60. The number of hydrogen-bond donors (Lipinski definition) is 1. The maximum Gasteiger partial charge on any atom is 0.0410 e. The number of rotatable bonds is 3. The third-order valence-corrected chi connectivity index (χ3v) is 5.13. The van der Waals surface area contributed by atoms with E-state index in [2.05, 4.69) is 51.2 Å². The average molecular weight is 335 g/mol. The van der Waals surface area contributed by atoms with Gasteiger partial charge in [-0.2, -0.15) is 0 Å². The molecular weight excluding hydrogens is 320 g/mol. The van der Waals surface area contributed by atoms with E-state index in [1.165, 1.54) is 16.0 Å². The van der Waals surface area contributed by atoms with Gasteiger partial charge in [0.25, 0.3) is 0 Å². The molecule has 2 heterocycles. The Morgan fingerprint density at radius 2 is 2.21 bits per heavy atom. The summed E-state index contributed by atoms with van der Waals surface area (Å²) in [5, 5.41) is 0. The van der Waals surface area contributed by atoms with Crippen molar-refractivity contribution in [2.75, 3.05) is 5.75 Å². The Kier molecular flexibility index (Phi) is 3.91. The molecule has 0 fully saturated rings. The van der Waals surface area contributed by atoms with Gasteiger partial charge in [-0.05, 0) is 45.6 Å². The van der Waals surface area contributed by atoms with E-state index in [4.69, 9.17) is 5.73 Å². The number of hydrogen-bond acceptors (Lipinski definition) is 3. The smallest absolute Gasteiger partial charge is 0.0410 e. The van der Waals surface area contributed by atoms with Gasteiger partial charge in [-0.25, -0.2) is 0 Å². The van der Waals surface area contributed by atoms with Gasteiger partial charge in [-0.3, -0.25) is 4.98 Å². The van der Waals surface area contributed by atoms with Crippen molar-refractivity contribution in [3.63, 3.8) is 0 Å². The largest absolute Gasteiger partial charge is 0.327 e. The number of nitrogens with zero attached hydrogens (tertiary/aromatic N) is 1. The molecule has 2 N–H and O–H groups in total. The van der Waals surface area contributed by atoms with Crippen LogP contribution in [0.4, 0.5) is 0 Å². The van der Waals surface area contributed by atoms with E-state index in [1.54, 1.807) is 6.20 Å². The van der Waals surface area contributed by atoms with E-state index >= 15 is 0 Å². The molecule has 3 rings (SSSR count). The van der Waals surface area contributed by atoms with Gasteiger partial charge in [-0.1, -0.05) is 18.2 Å². The maximum atomic E-state index is 6.42. The summed E-state index contributed by atoms with van der Waals surface area (Å²) in [4.78, 5) is 5.59. The van der Waals surface area contributed by atoms with Crippen LogP contribution in [0.25, 0.3) is 0 Å². The highest BCUT2D eigenvalue weighted by atomic mass is 79.9. The average Bonchev–Trinajstić information content (AvgIpc) is 2.82. The SMILES string of the molecule is NC(Cc1cncc(Br)c1)C1CSc2ccccc21. The number of halogens is 1. The summed E-state index contributed by atoms with van der Waals surface area (Å²) >= 11 is 5.37. The minimum atomic E-state index is 0.146. The fraction of sp³-hybridized carbons (Fsp3) is 0.267. The zero-order chi connectivity index (χ0) is 13.2. The molecule has 1 aliphatic rings. The second-order valence-electron chi connectivity index (χ2n) is 4.83. The number of aromatic nitrogens is 1. The molecule has 0 aliphatic carbocycles. The monoisotopic (exact) mass is 334 g/mol. The molecule has 19 heavy (non-hydrogen) atoms. The van der Waals surface area contributed by atoms with Crippen LogP contribution < -0.4 is 5.73 Å². The van der Waals surface area contributed by atoms with Crippen LogP contribution in [0.1, 0.15) is 17.0 Å². The maximum absolute atomic E-state index is 6.42. The molecule has 2 aromatic rings. The first kappa shape index (κ1) is 13.2. The van der Waals surface area contributed by atoms with E-state index in [9.17, 15) is 0 Å². The van der Waals surface area contributed by atoms with Crippen LogP contribution in [0.2, 0.25) is 0 Å². The van der Waals surface area contributed by atoms with Crippen LogP contribution >= 0.6 is 27.7 Å². The van der Waals surface area contributed by atoms with Gasteiger partial charge < -0.3 is 5.73 Å². The van der Waals surface area contributed by atoms with E-state index in [-0.39, 0.29) is 6.04 Å². The third kappa shape index (κ3) is 2.86. The highest BCUT2D eigenvalue weighted by Gasteiger charge is 2.28. The van der Waals surface area contributed by atoms with E-state index in [0.717, 1.165) is 16.6 Å². The van der Waals surface area contributed by atoms with Gasteiger partial charge in [0, 0.05) is 39.5 Å². The number of pyridine rings is 1. The van der Waals surface area contributed by atoms with E-state index in [1.807, 2.05) is 18.0 Å². The van der Waals surface area contributed by atoms with Gasteiger partial charge in [0.15, 0.2) is 0 Å². The van der Waals surface area contributed by atoms with Crippen molar-refractivity contribution in [3.05, 3.63) is 58.3 Å². The highest BCUT2D eigenvalue weighted by molar-refractivity contribution is 9.10. The molecule has 1 aliphatic heterocycles. The number of fused-ring (bicyclic) bond motifs is 1. The van der Waals surface area contributed by atoms with E-state index < -0.39 is 0 Å². The van der Waals surface area contributed by atoms with Crippen LogP contribution in [0, 0.1) is 0 Å². The lowest BCUT2D eigenvalue weighted by Gasteiger charge is -2.19. The molecule has 2 nitrogen and oxygen atoms in total. The second kappa shape index (κ2) is 5.65. The molecule has 2 unspecified atom stereocenters. The molecule has 4 heteroatoms. The van der Waals surface area contributed by atoms with E-state index in [0.29, 0.717) is 5.92 Å². The van der Waals surface area contributed by atoms with Crippen LogP contribution in [0.5, 0.6) is 0 Å². The van der Waals surface area contributed by atoms with Crippen LogP contribution in [-0.4, -0.2) is 16.8 Å². The van der Waals surface area contributed by atoms with Gasteiger partial charge in [-0.15, -0.1) is 11.8 Å². The zero-order valence-corrected chi connectivity index (χ0v) is 12.8. The molecule has 0 saturated heterocycles. The van der Waals surface area contributed by atoms with Crippen LogP contribution in [-0.2, 0) is 6.42 Å². The standard InChI is InChI=1S/C15H15BrN2S/c16-11-5-10(7-18-8-11)6-14(17)13-9-19-15-4-2-1-3-12(13)15/h1-5,7-8,13-14H,6,9,17H2. The molecule has 0 spiro atoms. The van der Waals surface area contributed by atoms with Gasteiger partial charge >= 0.3 is 0 Å². The van der Waals surface area contributed by atoms with Gasteiger partial charge in [0.1, 0.15) is 0 Å². The Bertz CT molecular complexity index is 588. The summed E-state index contributed by atoms with van der Waals surface area (Å²) < 4.78 is 1.01. The number of benzene rings is 1. The summed E-state index contributed by atoms with van der Waals surface area (Å²) in [6.07, 6.45) is 4.57. The molecule has 2 atom stereocenters. The predicted molar refractivity (Wildman–Crippen MR) is 83.5 cm³/mol. The van der Waals surface area contributed by atoms with Crippen molar-refractivity contribution in [1.82, 2.24) is 4.98 Å². The van der Waals surface area contributed by atoms with Crippen molar-refractivity contribution < 1.29 is 0 Å². The molecule has 0 amide bonds. The number of nitrogens with two attached hydrogens (primary N) is 1. The van der Waals surface area contributed by atoms with Crippen LogP contribution in [0.15, 0.2) is 52.1 Å². The lowest BCUT2D eigenvalue weighted by molar-refractivity contribution is 0.571. The molecule has 98 valence electrons. The normalized spacial score (nSPS) is 19.2.